The number of aromatic nitrogens is 3. The van der Waals surface area contributed by atoms with Crippen LogP contribution in [-0.2, 0) is 4.79 Å². The molecule has 3 heterocycles. The summed E-state index contributed by atoms with van der Waals surface area (Å²) in [5.41, 5.74) is 1.34. The van der Waals surface area contributed by atoms with Gasteiger partial charge in [-0.25, -0.2) is 14.2 Å². The number of anilines is 3. The molecule has 0 radical (unpaired) electrons. The summed E-state index contributed by atoms with van der Waals surface area (Å²) in [6.45, 7) is 0. The standard InChI is InChI=1S/C19H15BrFN7O2/c20-11-2-1-3-12(16(11)21)24-14-7-15(23-10-4-5-10)28-17(26-14)9(8-22-28)6-13-18(29)27-19(30)25-13/h1-3,6-8,10,23H,4-5H2,(H,24,26)(H2,25,27,29,30)/b13-6-. The minimum Gasteiger partial charge on any atom is -0.367 e. The fraction of sp³-hybridized carbons (Fsp3) is 0.158. The van der Waals surface area contributed by atoms with Gasteiger partial charge in [-0.1, -0.05) is 6.07 Å². The fourth-order valence-corrected chi connectivity index (χ4v) is 3.43. The second kappa shape index (κ2) is 7.10. The molecule has 1 saturated carbocycles. The van der Waals surface area contributed by atoms with Crippen molar-refractivity contribution in [2.45, 2.75) is 18.9 Å². The molecule has 1 saturated heterocycles. The van der Waals surface area contributed by atoms with Crippen LogP contribution in [0.2, 0.25) is 0 Å². The van der Waals surface area contributed by atoms with Crippen LogP contribution >= 0.6 is 15.9 Å². The predicted molar refractivity (Wildman–Crippen MR) is 112 cm³/mol. The van der Waals surface area contributed by atoms with Gasteiger partial charge in [-0.15, -0.1) is 0 Å². The summed E-state index contributed by atoms with van der Waals surface area (Å²) in [5, 5.41) is 15.3. The van der Waals surface area contributed by atoms with Crippen molar-refractivity contribution < 1.29 is 14.0 Å². The predicted octanol–water partition coefficient (Wildman–Crippen LogP) is 3.13. The van der Waals surface area contributed by atoms with Gasteiger partial charge in [-0.05, 0) is 47.0 Å². The van der Waals surface area contributed by atoms with E-state index in [-0.39, 0.29) is 11.4 Å². The van der Waals surface area contributed by atoms with E-state index >= 15 is 0 Å². The highest BCUT2D eigenvalue weighted by atomic mass is 79.9. The van der Waals surface area contributed by atoms with Gasteiger partial charge < -0.3 is 16.0 Å². The molecule has 2 fully saturated rings. The Morgan fingerprint density at radius 3 is 2.83 bits per heavy atom. The van der Waals surface area contributed by atoms with E-state index in [0.717, 1.165) is 12.8 Å². The summed E-state index contributed by atoms with van der Waals surface area (Å²) in [6, 6.07) is 6.45. The number of amides is 3. The van der Waals surface area contributed by atoms with Crippen molar-refractivity contribution in [2.24, 2.45) is 0 Å². The highest BCUT2D eigenvalue weighted by Gasteiger charge is 2.25. The smallest absolute Gasteiger partial charge is 0.326 e. The van der Waals surface area contributed by atoms with Crippen LogP contribution in [0.3, 0.4) is 0 Å². The maximum atomic E-state index is 14.4. The van der Waals surface area contributed by atoms with Gasteiger partial charge in [-0.2, -0.15) is 9.61 Å². The van der Waals surface area contributed by atoms with Crippen molar-refractivity contribution in [3.63, 3.8) is 0 Å². The summed E-state index contributed by atoms with van der Waals surface area (Å²) < 4.78 is 16.4. The molecular weight excluding hydrogens is 457 g/mol. The quantitative estimate of drug-likeness (QED) is 0.336. The summed E-state index contributed by atoms with van der Waals surface area (Å²) in [5.74, 6) is 0.130. The Hall–Kier alpha value is -3.47. The van der Waals surface area contributed by atoms with Crippen LogP contribution < -0.4 is 21.3 Å². The molecule has 2 aliphatic rings. The third kappa shape index (κ3) is 3.47. The van der Waals surface area contributed by atoms with Crippen LogP contribution in [0.5, 0.6) is 0 Å². The normalized spacial score (nSPS) is 17.3. The monoisotopic (exact) mass is 471 g/mol. The number of imide groups is 1. The molecule has 3 amide bonds. The largest absolute Gasteiger partial charge is 0.367 e. The molecule has 1 aromatic carbocycles. The van der Waals surface area contributed by atoms with E-state index in [2.05, 4.69) is 47.3 Å². The zero-order chi connectivity index (χ0) is 20.8. The number of hydrogen-bond donors (Lipinski definition) is 4. The Morgan fingerprint density at radius 2 is 2.10 bits per heavy atom. The Balaban J connectivity index is 1.59. The number of urea groups is 1. The SMILES string of the molecule is O=C1NC(=O)/C(=C/c2cnn3c(NC4CC4)cc(Nc4cccc(Br)c4F)nc23)N1. The lowest BCUT2D eigenvalue weighted by molar-refractivity contribution is -0.115. The first-order chi connectivity index (χ1) is 14.5. The first-order valence-corrected chi connectivity index (χ1v) is 9.97. The molecule has 0 unspecified atom stereocenters. The third-order valence-electron chi connectivity index (χ3n) is 4.66. The number of hydrogen-bond acceptors (Lipinski definition) is 6. The number of nitrogens with one attached hydrogen (secondary N) is 4. The lowest BCUT2D eigenvalue weighted by Gasteiger charge is -2.12. The van der Waals surface area contributed by atoms with Gasteiger partial charge in [0, 0.05) is 17.7 Å². The highest BCUT2D eigenvalue weighted by molar-refractivity contribution is 9.10. The second-order valence-corrected chi connectivity index (χ2v) is 7.83. The van der Waals surface area contributed by atoms with E-state index < -0.39 is 17.8 Å². The molecule has 9 nitrogen and oxygen atoms in total. The van der Waals surface area contributed by atoms with Gasteiger partial charge in [0.2, 0.25) is 0 Å². The number of carbonyl (C=O) groups excluding carboxylic acids is 2. The summed E-state index contributed by atoms with van der Waals surface area (Å²) in [4.78, 5) is 27.8. The van der Waals surface area contributed by atoms with Crippen molar-refractivity contribution in [2.75, 3.05) is 10.6 Å². The molecule has 0 atom stereocenters. The zero-order valence-corrected chi connectivity index (χ0v) is 17.0. The van der Waals surface area contributed by atoms with Crippen LogP contribution in [0.15, 0.2) is 40.6 Å². The van der Waals surface area contributed by atoms with E-state index in [1.165, 1.54) is 6.08 Å². The number of benzene rings is 1. The Labute approximate surface area is 177 Å². The van der Waals surface area contributed by atoms with E-state index in [1.54, 1.807) is 35.0 Å². The van der Waals surface area contributed by atoms with Crippen molar-refractivity contribution in [1.82, 2.24) is 25.2 Å². The molecule has 3 aromatic rings. The lowest BCUT2D eigenvalue weighted by atomic mass is 10.2. The molecule has 5 rings (SSSR count). The first kappa shape index (κ1) is 18.6. The average Bonchev–Trinajstić information content (AvgIpc) is 3.34. The van der Waals surface area contributed by atoms with E-state index in [9.17, 15) is 14.0 Å². The van der Waals surface area contributed by atoms with E-state index in [1.807, 2.05) is 0 Å². The molecule has 1 aliphatic carbocycles. The fourth-order valence-electron chi connectivity index (χ4n) is 3.06. The maximum absolute atomic E-state index is 14.4. The van der Waals surface area contributed by atoms with Crippen molar-refractivity contribution in [3.05, 3.63) is 52.0 Å². The second-order valence-electron chi connectivity index (χ2n) is 6.97. The number of nitrogens with zero attached hydrogens (tertiary/aromatic N) is 3. The Bertz CT molecular complexity index is 1240. The van der Waals surface area contributed by atoms with Crippen LogP contribution in [-0.4, -0.2) is 32.6 Å². The summed E-state index contributed by atoms with van der Waals surface area (Å²) >= 11 is 3.18. The van der Waals surface area contributed by atoms with Crippen molar-refractivity contribution in [1.29, 1.82) is 0 Å². The number of carbonyl (C=O) groups is 2. The van der Waals surface area contributed by atoms with Gasteiger partial charge in [0.1, 0.15) is 17.3 Å². The molecule has 2 aromatic heterocycles. The third-order valence-corrected chi connectivity index (χ3v) is 5.27. The Morgan fingerprint density at radius 1 is 1.27 bits per heavy atom. The molecule has 0 spiro atoms. The average molecular weight is 472 g/mol. The minimum absolute atomic E-state index is 0.102. The number of fused-ring (bicyclic) bond motifs is 1. The first-order valence-electron chi connectivity index (χ1n) is 9.18. The maximum Gasteiger partial charge on any atom is 0.326 e. The summed E-state index contributed by atoms with van der Waals surface area (Å²) in [7, 11) is 0. The molecule has 30 heavy (non-hydrogen) atoms. The van der Waals surface area contributed by atoms with Gasteiger partial charge >= 0.3 is 6.03 Å². The van der Waals surface area contributed by atoms with Gasteiger partial charge in [0.25, 0.3) is 5.91 Å². The van der Waals surface area contributed by atoms with E-state index in [4.69, 9.17) is 0 Å². The molecule has 152 valence electrons. The van der Waals surface area contributed by atoms with Crippen LogP contribution in [0.1, 0.15) is 18.4 Å². The van der Waals surface area contributed by atoms with Gasteiger partial charge in [-0.3, -0.25) is 10.1 Å². The van der Waals surface area contributed by atoms with E-state index in [0.29, 0.717) is 33.4 Å². The van der Waals surface area contributed by atoms with Crippen LogP contribution in [0.4, 0.5) is 26.5 Å². The number of rotatable bonds is 5. The topological polar surface area (TPSA) is 112 Å². The molecule has 4 N–H and O–H groups in total. The lowest BCUT2D eigenvalue weighted by Crippen LogP contribution is -2.22. The summed E-state index contributed by atoms with van der Waals surface area (Å²) in [6.07, 6.45) is 5.16. The zero-order valence-electron chi connectivity index (χ0n) is 15.4. The Kier molecular flexibility index (Phi) is 4.39. The van der Waals surface area contributed by atoms with Gasteiger partial charge in [0.15, 0.2) is 11.5 Å². The molecule has 1 aliphatic heterocycles. The van der Waals surface area contributed by atoms with Crippen molar-refractivity contribution in [3.8, 4) is 0 Å². The van der Waals surface area contributed by atoms with Crippen LogP contribution in [0, 0.1) is 5.82 Å². The minimum atomic E-state index is -0.584. The number of halogens is 2. The molecule has 0 bridgehead atoms. The highest BCUT2D eigenvalue weighted by Crippen LogP contribution is 2.30. The molecular formula is C19H15BrFN7O2. The van der Waals surface area contributed by atoms with Gasteiger partial charge in [0.05, 0.1) is 16.4 Å². The molecule has 11 heteroatoms. The van der Waals surface area contributed by atoms with Crippen molar-refractivity contribution >= 4 is 56.9 Å². The van der Waals surface area contributed by atoms with Crippen LogP contribution in [0.25, 0.3) is 11.7 Å².